The van der Waals surface area contributed by atoms with E-state index in [1.807, 2.05) is 6.92 Å². The molecule has 0 radical (unpaired) electrons. The Kier molecular flexibility index (Phi) is 5.74. The molecule has 0 saturated carbocycles. The van der Waals surface area contributed by atoms with E-state index in [0.29, 0.717) is 12.2 Å². The zero-order valence-corrected chi connectivity index (χ0v) is 7.71. The molecule has 4 nitrogen and oxygen atoms in total. The Bertz CT molecular complexity index is 163. The Morgan fingerprint density at radius 3 is 2.75 bits per heavy atom. The molecular weight excluding hydrogens is 178 g/mol. The highest BCUT2D eigenvalue weighted by molar-refractivity contribution is 7.99. The maximum absolute atomic E-state index is 10.3. The first-order chi connectivity index (χ1) is 5.57. The van der Waals surface area contributed by atoms with Crippen LogP contribution in [0.4, 0.5) is 0 Å². The number of carbonyl (C=O) groups excluding carboxylic acids is 1. The van der Waals surface area contributed by atoms with Crippen LogP contribution in [0, 0.1) is 0 Å². The number of carboxylic acid groups (broad SMARTS) is 1. The molecule has 0 bridgehead atoms. The van der Waals surface area contributed by atoms with E-state index in [-0.39, 0.29) is 5.25 Å². The van der Waals surface area contributed by atoms with Gasteiger partial charge in [0.05, 0.1) is 0 Å². The molecule has 0 saturated heterocycles. The van der Waals surface area contributed by atoms with Crippen LogP contribution in [0.1, 0.15) is 13.3 Å². The van der Waals surface area contributed by atoms with Crippen LogP contribution in [0.5, 0.6) is 0 Å². The van der Waals surface area contributed by atoms with Gasteiger partial charge in [0, 0.05) is 17.4 Å². The molecule has 0 spiro atoms. The summed E-state index contributed by atoms with van der Waals surface area (Å²) in [6, 6.07) is -0.830. The third kappa shape index (κ3) is 5.15. The van der Waals surface area contributed by atoms with Crippen molar-refractivity contribution in [3.8, 4) is 0 Å². The highest BCUT2D eigenvalue weighted by Gasteiger charge is 2.12. The van der Waals surface area contributed by atoms with Gasteiger partial charge in [0.2, 0.25) is 0 Å². The monoisotopic (exact) mass is 191 g/mol. The van der Waals surface area contributed by atoms with E-state index in [4.69, 9.17) is 10.8 Å². The molecule has 0 aromatic heterocycles. The molecule has 12 heavy (non-hydrogen) atoms. The van der Waals surface area contributed by atoms with Gasteiger partial charge in [-0.25, -0.2) is 0 Å². The molecule has 5 heteroatoms. The van der Waals surface area contributed by atoms with Gasteiger partial charge in [-0.1, -0.05) is 6.92 Å². The van der Waals surface area contributed by atoms with Crippen LogP contribution in [0.3, 0.4) is 0 Å². The van der Waals surface area contributed by atoms with Crippen molar-refractivity contribution in [1.82, 2.24) is 0 Å². The van der Waals surface area contributed by atoms with Gasteiger partial charge in [-0.3, -0.25) is 4.79 Å². The van der Waals surface area contributed by atoms with E-state index in [1.54, 1.807) is 0 Å². The van der Waals surface area contributed by atoms with Gasteiger partial charge in [-0.15, -0.1) is 0 Å². The number of hydrogen-bond acceptors (Lipinski definition) is 4. The SMILES string of the molecule is CC(CC=O)SC[C@H](N)C(=O)O. The molecule has 0 aromatic carbocycles. The number of rotatable bonds is 6. The molecule has 1 unspecified atom stereocenters. The highest BCUT2D eigenvalue weighted by atomic mass is 32.2. The number of aliphatic carboxylic acids is 1. The third-order valence-electron chi connectivity index (χ3n) is 1.31. The summed E-state index contributed by atoms with van der Waals surface area (Å²) in [5, 5.41) is 8.56. The van der Waals surface area contributed by atoms with E-state index in [2.05, 4.69) is 0 Å². The second-order valence-corrected chi connectivity index (χ2v) is 3.96. The molecule has 0 aliphatic rings. The van der Waals surface area contributed by atoms with E-state index in [1.165, 1.54) is 11.8 Å². The molecular formula is C7H13NO3S. The minimum atomic E-state index is -0.999. The van der Waals surface area contributed by atoms with Crippen molar-refractivity contribution in [2.45, 2.75) is 24.6 Å². The zero-order valence-electron chi connectivity index (χ0n) is 6.90. The summed E-state index contributed by atoms with van der Waals surface area (Å²) in [7, 11) is 0. The lowest BCUT2D eigenvalue weighted by molar-refractivity contribution is -0.137. The normalized spacial score (nSPS) is 15.2. The zero-order chi connectivity index (χ0) is 9.56. The van der Waals surface area contributed by atoms with Crippen LogP contribution in [0.15, 0.2) is 0 Å². The fourth-order valence-electron chi connectivity index (χ4n) is 0.543. The lowest BCUT2D eigenvalue weighted by atomic mass is 10.4. The van der Waals surface area contributed by atoms with Gasteiger partial charge in [0.1, 0.15) is 12.3 Å². The van der Waals surface area contributed by atoms with Crippen molar-refractivity contribution in [1.29, 1.82) is 0 Å². The number of carboxylic acids is 1. The number of carbonyl (C=O) groups is 2. The molecule has 70 valence electrons. The second kappa shape index (κ2) is 6.02. The summed E-state index contributed by atoms with van der Waals surface area (Å²) >= 11 is 1.40. The summed E-state index contributed by atoms with van der Waals surface area (Å²) in [5.74, 6) is -0.648. The largest absolute Gasteiger partial charge is 0.480 e. The van der Waals surface area contributed by atoms with Crippen molar-refractivity contribution in [2.75, 3.05) is 5.75 Å². The first-order valence-corrected chi connectivity index (χ1v) is 4.66. The van der Waals surface area contributed by atoms with Gasteiger partial charge < -0.3 is 15.6 Å². The first-order valence-electron chi connectivity index (χ1n) is 3.61. The number of thioether (sulfide) groups is 1. The summed E-state index contributed by atoms with van der Waals surface area (Å²) in [6.45, 7) is 1.87. The van der Waals surface area contributed by atoms with E-state index < -0.39 is 12.0 Å². The van der Waals surface area contributed by atoms with Gasteiger partial charge >= 0.3 is 5.97 Å². The molecule has 0 aliphatic heterocycles. The fourth-order valence-corrected chi connectivity index (χ4v) is 1.44. The fraction of sp³-hybridized carbons (Fsp3) is 0.714. The predicted molar refractivity (Wildman–Crippen MR) is 48.2 cm³/mol. The Hall–Kier alpha value is -0.550. The standard InChI is InChI=1S/C7H13NO3S/c1-5(2-3-9)12-4-6(8)7(10)11/h3,5-6H,2,4,8H2,1H3,(H,10,11)/t5?,6-/m0/s1. The maximum Gasteiger partial charge on any atom is 0.321 e. The van der Waals surface area contributed by atoms with E-state index >= 15 is 0 Å². The van der Waals surface area contributed by atoms with Crippen LogP contribution in [-0.2, 0) is 9.59 Å². The van der Waals surface area contributed by atoms with Gasteiger partial charge in [0.15, 0.2) is 0 Å². The molecule has 0 heterocycles. The quantitative estimate of drug-likeness (QED) is 0.582. The van der Waals surface area contributed by atoms with Gasteiger partial charge in [-0.2, -0.15) is 11.8 Å². The van der Waals surface area contributed by atoms with E-state index in [9.17, 15) is 9.59 Å². The average Bonchev–Trinajstić information content (AvgIpc) is 2.00. The van der Waals surface area contributed by atoms with Gasteiger partial charge in [-0.05, 0) is 0 Å². The molecule has 0 rings (SSSR count). The highest BCUT2D eigenvalue weighted by Crippen LogP contribution is 2.13. The first kappa shape index (κ1) is 11.4. The summed E-state index contributed by atoms with van der Waals surface area (Å²) in [4.78, 5) is 20.3. The van der Waals surface area contributed by atoms with Crippen LogP contribution >= 0.6 is 11.8 Å². The summed E-state index contributed by atoms with van der Waals surface area (Å²) in [5.41, 5.74) is 5.25. The Morgan fingerprint density at radius 2 is 2.33 bits per heavy atom. The van der Waals surface area contributed by atoms with Crippen LogP contribution in [-0.4, -0.2) is 34.4 Å². The predicted octanol–water partition coefficient (Wildman–Crippen LogP) is 0.109. The Morgan fingerprint density at radius 1 is 1.75 bits per heavy atom. The summed E-state index contributed by atoms with van der Waals surface area (Å²) in [6.07, 6.45) is 1.26. The molecule has 0 amide bonds. The molecule has 0 aromatic rings. The maximum atomic E-state index is 10.3. The molecule has 0 aliphatic carbocycles. The van der Waals surface area contributed by atoms with Crippen molar-refractivity contribution < 1.29 is 14.7 Å². The number of nitrogens with two attached hydrogens (primary N) is 1. The molecule has 2 atom stereocenters. The summed E-state index contributed by atoms with van der Waals surface area (Å²) < 4.78 is 0. The minimum absolute atomic E-state index is 0.146. The topological polar surface area (TPSA) is 80.4 Å². The third-order valence-corrected chi connectivity index (χ3v) is 2.62. The Balaban J connectivity index is 3.53. The second-order valence-electron chi connectivity index (χ2n) is 2.49. The van der Waals surface area contributed by atoms with Crippen LogP contribution in [0.2, 0.25) is 0 Å². The number of aldehydes is 1. The minimum Gasteiger partial charge on any atom is -0.480 e. The van der Waals surface area contributed by atoms with Crippen LogP contribution in [0.25, 0.3) is 0 Å². The van der Waals surface area contributed by atoms with E-state index in [0.717, 1.165) is 6.29 Å². The van der Waals surface area contributed by atoms with Crippen molar-refractivity contribution >= 4 is 24.0 Å². The lowest BCUT2D eigenvalue weighted by Crippen LogP contribution is -2.33. The average molecular weight is 191 g/mol. The smallest absolute Gasteiger partial charge is 0.321 e. The van der Waals surface area contributed by atoms with Crippen LogP contribution < -0.4 is 5.73 Å². The van der Waals surface area contributed by atoms with Crippen molar-refractivity contribution in [3.63, 3.8) is 0 Å². The lowest BCUT2D eigenvalue weighted by Gasteiger charge is -2.09. The van der Waals surface area contributed by atoms with Gasteiger partial charge in [0.25, 0.3) is 0 Å². The molecule has 3 N–H and O–H groups in total. The molecule has 0 fully saturated rings. The van der Waals surface area contributed by atoms with Crippen molar-refractivity contribution in [3.05, 3.63) is 0 Å². The van der Waals surface area contributed by atoms with Crippen molar-refractivity contribution in [2.24, 2.45) is 5.73 Å². The Labute approximate surface area is 75.5 Å². The number of hydrogen-bond donors (Lipinski definition) is 2.